The van der Waals surface area contributed by atoms with Gasteiger partial charge in [0, 0.05) is 16.6 Å². The molecular formula is C13H10BrNO3. The third-order valence-electron chi connectivity index (χ3n) is 2.56. The molecule has 92 valence electrons. The average molecular weight is 308 g/mol. The lowest BCUT2D eigenvalue weighted by molar-refractivity contribution is -0.384. The van der Waals surface area contributed by atoms with E-state index < -0.39 is 4.92 Å². The average Bonchev–Trinajstić information content (AvgIpc) is 2.38. The Morgan fingerprint density at radius 3 is 2.33 bits per heavy atom. The molecule has 0 heterocycles. The van der Waals surface area contributed by atoms with E-state index in [9.17, 15) is 10.1 Å². The van der Waals surface area contributed by atoms with E-state index in [1.54, 1.807) is 13.2 Å². The van der Waals surface area contributed by atoms with Gasteiger partial charge in [-0.25, -0.2) is 0 Å². The van der Waals surface area contributed by atoms with Crippen LogP contribution in [0.2, 0.25) is 0 Å². The van der Waals surface area contributed by atoms with Crippen molar-refractivity contribution >= 4 is 21.6 Å². The summed E-state index contributed by atoms with van der Waals surface area (Å²) in [5, 5.41) is 10.7. The van der Waals surface area contributed by atoms with Gasteiger partial charge < -0.3 is 4.74 Å². The van der Waals surface area contributed by atoms with E-state index in [1.165, 1.54) is 12.1 Å². The minimum absolute atomic E-state index is 0.0686. The van der Waals surface area contributed by atoms with Crippen LogP contribution in [-0.4, -0.2) is 12.0 Å². The van der Waals surface area contributed by atoms with E-state index in [-0.39, 0.29) is 5.69 Å². The number of halogens is 1. The van der Waals surface area contributed by atoms with Crippen LogP contribution in [-0.2, 0) is 0 Å². The van der Waals surface area contributed by atoms with E-state index in [1.807, 2.05) is 24.3 Å². The van der Waals surface area contributed by atoms with Crippen molar-refractivity contribution in [1.29, 1.82) is 0 Å². The van der Waals surface area contributed by atoms with Crippen LogP contribution in [0.3, 0.4) is 0 Å². The van der Waals surface area contributed by atoms with Crippen LogP contribution in [0.15, 0.2) is 46.9 Å². The zero-order valence-corrected chi connectivity index (χ0v) is 11.2. The molecule has 0 unspecified atom stereocenters. The van der Waals surface area contributed by atoms with E-state index in [0.717, 1.165) is 16.9 Å². The largest absolute Gasteiger partial charge is 0.497 e. The van der Waals surface area contributed by atoms with Crippen LogP contribution in [0.5, 0.6) is 5.75 Å². The van der Waals surface area contributed by atoms with Crippen molar-refractivity contribution in [2.75, 3.05) is 7.11 Å². The van der Waals surface area contributed by atoms with Crippen LogP contribution in [0.25, 0.3) is 11.1 Å². The third-order valence-corrected chi connectivity index (χ3v) is 3.22. The normalized spacial score (nSPS) is 10.1. The maximum absolute atomic E-state index is 10.7. The molecule has 0 atom stereocenters. The zero-order chi connectivity index (χ0) is 13.1. The van der Waals surface area contributed by atoms with Crippen LogP contribution in [0.1, 0.15) is 0 Å². The monoisotopic (exact) mass is 307 g/mol. The lowest BCUT2D eigenvalue weighted by Gasteiger charge is -2.06. The Morgan fingerprint density at radius 2 is 1.83 bits per heavy atom. The molecule has 0 spiro atoms. The zero-order valence-electron chi connectivity index (χ0n) is 9.59. The number of hydrogen-bond donors (Lipinski definition) is 0. The Hall–Kier alpha value is -1.88. The number of hydrogen-bond acceptors (Lipinski definition) is 3. The first-order chi connectivity index (χ1) is 8.61. The number of nitro groups is 1. The summed E-state index contributed by atoms with van der Waals surface area (Å²) >= 11 is 3.35. The molecule has 0 aliphatic heterocycles. The number of ether oxygens (including phenoxy) is 1. The van der Waals surface area contributed by atoms with Gasteiger partial charge in [0.1, 0.15) is 5.75 Å². The fraction of sp³-hybridized carbons (Fsp3) is 0.0769. The standard InChI is InChI=1S/C13H10BrNO3/c1-18-11-5-2-9(3-6-11)12-7-4-10(15(16)17)8-13(12)14/h2-8H,1H3. The van der Waals surface area contributed by atoms with Gasteiger partial charge in [-0.2, -0.15) is 0 Å². The summed E-state index contributed by atoms with van der Waals surface area (Å²) in [4.78, 5) is 10.2. The highest BCUT2D eigenvalue weighted by Gasteiger charge is 2.10. The maximum atomic E-state index is 10.7. The van der Waals surface area contributed by atoms with Gasteiger partial charge in [-0.05, 0) is 45.3 Å². The molecule has 2 aromatic carbocycles. The Morgan fingerprint density at radius 1 is 1.17 bits per heavy atom. The Balaban J connectivity index is 2.41. The lowest BCUT2D eigenvalue weighted by atomic mass is 10.1. The molecule has 4 nitrogen and oxygen atoms in total. The number of nitrogens with zero attached hydrogens (tertiary/aromatic N) is 1. The van der Waals surface area contributed by atoms with E-state index >= 15 is 0 Å². The van der Waals surface area contributed by atoms with E-state index in [0.29, 0.717) is 4.47 Å². The predicted octanol–water partition coefficient (Wildman–Crippen LogP) is 4.03. The van der Waals surface area contributed by atoms with Crippen molar-refractivity contribution < 1.29 is 9.66 Å². The molecular weight excluding hydrogens is 298 g/mol. The second-order valence-electron chi connectivity index (χ2n) is 3.65. The first kappa shape index (κ1) is 12.6. The number of nitro benzene ring substituents is 1. The highest BCUT2D eigenvalue weighted by molar-refractivity contribution is 9.10. The first-order valence-electron chi connectivity index (χ1n) is 5.20. The quantitative estimate of drug-likeness (QED) is 0.635. The van der Waals surface area contributed by atoms with Gasteiger partial charge in [-0.1, -0.05) is 12.1 Å². The van der Waals surface area contributed by atoms with Crippen LogP contribution < -0.4 is 4.74 Å². The smallest absolute Gasteiger partial charge is 0.270 e. The van der Waals surface area contributed by atoms with Crippen LogP contribution in [0, 0.1) is 10.1 Å². The van der Waals surface area contributed by atoms with Crippen molar-refractivity contribution in [3.05, 3.63) is 57.1 Å². The molecule has 0 fully saturated rings. The molecule has 0 aliphatic carbocycles. The van der Waals surface area contributed by atoms with Gasteiger partial charge in [-0.3, -0.25) is 10.1 Å². The van der Waals surface area contributed by atoms with Crippen molar-refractivity contribution in [2.45, 2.75) is 0 Å². The Bertz CT molecular complexity index is 581. The molecule has 2 rings (SSSR count). The topological polar surface area (TPSA) is 52.4 Å². The summed E-state index contributed by atoms with van der Waals surface area (Å²) in [6.07, 6.45) is 0. The molecule has 0 aromatic heterocycles. The van der Waals surface area contributed by atoms with Crippen LogP contribution >= 0.6 is 15.9 Å². The number of benzene rings is 2. The minimum Gasteiger partial charge on any atom is -0.497 e. The molecule has 0 aliphatic rings. The number of methoxy groups -OCH3 is 1. The minimum atomic E-state index is -0.414. The van der Waals surface area contributed by atoms with Crippen molar-refractivity contribution in [1.82, 2.24) is 0 Å². The molecule has 0 saturated carbocycles. The van der Waals surface area contributed by atoms with Gasteiger partial charge in [0.05, 0.1) is 12.0 Å². The van der Waals surface area contributed by atoms with Gasteiger partial charge in [-0.15, -0.1) is 0 Å². The summed E-state index contributed by atoms with van der Waals surface area (Å²) in [7, 11) is 1.61. The summed E-state index contributed by atoms with van der Waals surface area (Å²) in [6.45, 7) is 0. The number of non-ortho nitro benzene ring substituents is 1. The highest BCUT2D eigenvalue weighted by atomic mass is 79.9. The van der Waals surface area contributed by atoms with E-state index in [2.05, 4.69) is 15.9 Å². The molecule has 0 N–H and O–H groups in total. The van der Waals surface area contributed by atoms with Gasteiger partial charge in [0.15, 0.2) is 0 Å². The van der Waals surface area contributed by atoms with Gasteiger partial charge >= 0.3 is 0 Å². The van der Waals surface area contributed by atoms with Gasteiger partial charge in [0.25, 0.3) is 5.69 Å². The first-order valence-corrected chi connectivity index (χ1v) is 5.99. The van der Waals surface area contributed by atoms with Crippen molar-refractivity contribution in [2.24, 2.45) is 0 Å². The summed E-state index contributed by atoms with van der Waals surface area (Å²) in [5.41, 5.74) is 1.94. The van der Waals surface area contributed by atoms with E-state index in [4.69, 9.17) is 4.74 Å². The fourth-order valence-corrected chi connectivity index (χ4v) is 2.22. The fourth-order valence-electron chi connectivity index (χ4n) is 1.62. The third kappa shape index (κ3) is 2.51. The highest BCUT2D eigenvalue weighted by Crippen LogP contribution is 2.32. The SMILES string of the molecule is COc1ccc(-c2ccc([N+](=O)[O-])cc2Br)cc1. The molecule has 0 radical (unpaired) electrons. The second-order valence-corrected chi connectivity index (χ2v) is 4.50. The Labute approximate surface area is 112 Å². The summed E-state index contributed by atoms with van der Waals surface area (Å²) in [5.74, 6) is 0.775. The molecule has 0 amide bonds. The molecule has 0 bridgehead atoms. The van der Waals surface area contributed by atoms with Crippen molar-refractivity contribution in [3.63, 3.8) is 0 Å². The molecule has 18 heavy (non-hydrogen) atoms. The maximum Gasteiger partial charge on any atom is 0.270 e. The molecule has 0 saturated heterocycles. The summed E-state index contributed by atoms with van der Waals surface area (Å²) < 4.78 is 5.78. The Kier molecular flexibility index (Phi) is 3.62. The number of rotatable bonds is 3. The van der Waals surface area contributed by atoms with Crippen LogP contribution in [0.4, 0.5) is 5.69 Å². The summed E-state index contributed by atoms with van der Waals surface area (Å²) in [6, 6.07) is 12.2. The lowest BCUT2D eigenvalue weighted by Crippen LogP contribution is -1.89. The second kappa shape index (κ2) is 5.18. The molecule has 5 heteroatoms. The van der Waals surface area contributed by atoms with Gasteiger partial charge in [0.2, 0.25) is 0 Å². The molecule has 2 aromatic rings. The van der Waals surface area contributed by atoms with Crippen molar-refractivity contribution in [3.8, 4) is 16.9 Å². The predicted molar refractivity (Wildman–Crippen MR) is 72.8 cm³/mol.